The summed E-state index contributed by atoms with van der Waals surface area (Å²) in [4.78, 5) is 12.1. The van der Waals surface area contributed by atoms with Crippen LogP contribution >= 0.6 is 0 Å². The first-order chi connectivity index (χ1) is 10.5. The molecule has 0 amide bonds. The SMILES string of the molecule is COC(=O)CC1(C)CC(C)(C)CN1S(=O)(=O)c1ccc(C)cc1. The molecule has 0 bridgehead atoms. The van der Waals surface area contributed by atoms with E-state index in [2.05, 4.69) is 0 Å². The molecule has 0 saturated carbocycles. The Bertz CT molecular complexity index is 694. The quantitative estimate of drug-likeness (QED) is 0.791. The number of nitrogens with zero attached hydrogens (tertiary/aromatic N) is 1. The number of ether oxygens (including phenoxy) is 1. The molecule has 23 heavy (non-hydrogen) atoms. The van der Waals surface area contributed by atoms with Gasteiger partial charge in [-0.3, -0.25) is 4.79 Å². The lowest BCUT2D eigenvalue weighted by Crippen LogP contribution is -2.46. The van der Waals surface area contributed by atoms with Gasteiger partial charge in [0.1, 0.15) is 0 Å². The maximum atomic E-state index is 13.1. The molecule has 1 atom stereocenters. The topological polar surface area (TPSA) is 63.7 Å². The van der Waals surface area contributed by atoms with Gasteiger partial charge in [-0.15, -0.1) is 0 Å². The fraction of sp³-hybridized carbons (Fsp3) is 0.588. The van der Waals surface area contributed by atoms with Gasteiger partial charge in [0.15, 0.2) is 0 Å². The number of aryl methyl sites for hydroxylation is 1. The van der Waals surface area contributed by atoms with Crippen LogP contribution in [0.5, 0.6) is 0 Å². The summed E-state index contributed by atoms with van der Waals surface area (Å²) < 4.78 is 32.4. The van der Waals surface area contributed by atoms with Crippen molar-refractivity contribution < 1.29 is 17.9 Å². The van der Waals surface area contributed by atoms with Crippen LogP contribution in [0.25, 0.3) is 0 Å². The van der Waals surface area contributed by atoms with Crippen LogP contribution in [-0.2, 0) is 19.6 Å². The highest BCUT2D eigenvalue weighted by Crippen LogP contribution is 2.45. The number of methoxy groups -OCH3 is 1. The average molecular weight is 339 g/mol. The molecule has 1 unspecified atom stereocenters. The Morgan fingerprint density at radius 2 is 1.78 bits per heavy atom. The van der Waals surface area contributed by atoms with Gasteiger partial charge in [0.2, 0.25) is 10.0 Å². The van der Waals surface area contributed by atoms with Crippen molar-refractivity contribution in [1.29, 1.82) is 0 Å². The maximum absolute atomic E-state index is 13.1. The van der Waals surface area contributed by atoms with Gasteiger partial charge in [-0.1, -0.05) is 31.5 Å². The van der Waals surface area contributed by atoms with E-state index in [4.69, 9.17) is 4.74 Å². The third-order valence-electron chi connectivity index (χ3n) is 4.39. The van der Waals surface area contributed by atoms with E-state index >= 15 is 0 Å². The van der Waals surface area contributed by atoms with Gasteiger partial charge in [-0.2, -0.15) is 4.31 Å². The summed E-state index contributed by atoms with van der Waals surface area (Å²) in [6.45, 7) is 8.16. The molecule has 1 heterocycles. The zero-order chi connectivity index (χ0) is 17.5. The van der Waals surface area contributed by atoms with Crippen LogP contribution in [0.2, 0.25) is 0 Å². The fourth-order valence-corrected chi connectivity index (χ4v) is 5.46. The Hall–Kier alpha value is -1.40. The number of hydrogen-bond donors (Lipinski definition) is 0. The summed E-state index contributed by atoms with van der Waals surface area (Å²) in [5.74, 6) is -0.394. The molecule has 2 rings (SSSR count). The molecule has 1 aromatic carbocycles. The molecule has 1 aliphatic rings. The molecule has 0 aliphatic carbocycles. The highest BCUT2D eigenvalue weighted by atomic mass is 32.2. The van der Waals surface area contributed by atoms with Crippen LogP contribution in [0.15, 0.2) is 29.2 Å². The third-order valence-corrected chi connectivity index (χ3v) is 6.41. The highest BCUT2D eigenvalue weighted by molar-refractivity contribution is 7.89. The first-order valence-electron chi connectivity index (χ1n) is 7.67. The highest BCUT2D eigenvalue weighted by Gasteiger charge is 2.52. The Kier molecular flexibility index (Phi) is 4.61. The minimum Gasteiger partial charge on any atom is -0.469 e. The molecule has 0 spiro atoms. The van der Waals surface area contributed by atoms with Crippen LogP contribution < -0.4 is 0 Å². The molecule has 1 aliphatic heterocycles. The summed E-state index contributed by atoms with van der Waals surface area (Å²) in [5, 5.41) is 0. The molecule has 0 N–H and O–H groups in total. The van der Waals surface area contributed by atoms with Crippen molar-refractivity contribution in [2.75, 3.05) is 13.7 Å². The van der Waals surface area contributed by atoms with Crippen molar-refractivity contribution in [2.24, 2.45) is 5.41 Å². The lowest BCUT2D eigenvalue weighted by Gasteiger charge is -2.33. The molecular formula is C17H25NO4S. The van der Waals surface area contributed by atoms with E-state index in [9.17, 15) is 13.2 Å². The molecule has 0 aromatic heterocycles. The van der Waals surface area contributed by atoms with E-state index in [0.717, 1.165) is 5.56 Å². The van der Waals surface area contributed by atoms with Crippen LogP contribution in [0, 0.1) is 12.3 Å². The summed E-state index contributed by atoms with van der Waals surface area (Å²) in [6, 6.07) is 6.81. The van der Waals surface area contributed by atoms with E-state index in [1.54, 1.807) is 24.3 Å². The van der Waals surface area contributed by atoms with Crippen molar-refractivity contribution in [3.05, 3.63) is 29.8 Å². The minimum atomic E-state index is -3.66. The number of sulfonamides is 1. The van der Waals surface area contributed by atoms with Gasteiger partial charge in [-0.25, -0.2) is 8.42 Å². The van der Waals surface area contributed by atoms with Crippen LogP contribution in [0.4, 0.5) is 0 Å². The number of carbonyl (C=O) groups is 1. The lowest BCUT2D eigenvalue weighted by atomic mass is 9.83. The molecular weight excluding hydrogens is 314 g/mol. The van der Waals surface area contributed by atoms with Gasteiger partial charge < -0.3 is 4.74 Å². The fourth-order valence-electron chi connectivity index (χ4n) is 3.50. The summed E-state index contributed by atoms with van der Waals surface area (Å²) in [5.41, 5.74) is 0.0314. The first-order valence-corrected chi connectivity index (χ1v) is 9.11. The minimum absolute atomic E-state index is 0.0536. The van der Waals surface area contributed by atoms with Crippen molar-refractivity contribution in [1.82, 2.24) is 4.31 Å². The number of carbonyl (C=O) groups excluding carboxylic acids is 1. The molecule has 1 aromatic rings. The molecule has 0 radical (unpaired) electrons. The number of hydrogen-bond acceptors (Lipinski definition) is 4. The van der Waals surface area contributed by atoms with E-state index in [0.29, 0.717) is 13.0 Å². The second-order valence-corrected chi connectivity index (χ2v) is 9.28. The standard InChI is InChI=1S/C17H25NO4S/c1-13-6-8-14(9-7-13)23(20,21)18-12-16(2,3)11-17(18,4)10-15(19)22-5/h6-9H,10-12H2,1-5H3. The maximum Gasteiger partial charge on any atom is 0.307 e. The molecule has 1 fully saturated rings. The smallest absolute Gasteiger partial charge is 0.307 e. The third kappa shape index (κ3) is 3.58. The van der Waals surface area contributed by atoms with Gasteiger partial charge in [0.05, 0.1) is 18.4 Å². The Morgan fingerprint density at radius 3 is 2.30 bits per heavy atom. The van der Waals surface area contributed by atoms with E-state index < -0.39 is 21.5 Å². The Balaban J connectivity index is 2.44. The van der Waals surface area contributed by atoms with Crippen molar-refractivity contribution in [3.8, 4) is 0 Å². The Labute approximate surface area is 138 Å². The summed E-state index contributed by atoms with van der Waals surface area (Å²) >= 11 is 0. The molecule has 1 saturated heterocycles. The Morgan fingerprint density at radius 1 is 1.22 bits per heavy atom. The van der Waals surface area contributed by atoms with E-state index in [-0.39, 0.29) is 16.7 Å². The van der Waals surface area contributed by atoms with Gasteiger partial charge in [0, 0.05) is 12.1 Å². The zero-order valence-corrected chi connectivity index (χ0v) is 15.2. The van der Waals surface area contributed by atoms with Crippen molar-refractivity contribution in [3.63, 3.8) is 0 Å². The number of esters is 1. The van der Waals surface area contributed by atoms with Crippen LogP contribution in [-0.4, -0.2) is 37.9 Å². The predicted octanol–water partition coefficient (Wildman–Crippen LogP) is 2.74. The molecule has 5 nitrogen and oxygen atoms in total. The zero-order valence-electron chi connectivity index (χ0n) is 14.4. The second kappa shape index (κ2) is 5.91. The average Bonchev–Trinajstić information content (AvgIpc) is 2.69. The second-order valence-electron chi connectivity index (χ2n) is 7.42. The van der Waals surface area contributed by atoms with E-state index in [1.165, 1.54) is 11.4 Å². The van der Waals surface area contributed by atoms with E-state index in [1.807, 2.05) is 27.7 Å². The van der Waals surface area contributed by atoms with Crippen LogP contribution in [0.3, 0.4) is 0 Å². The normalized spacial score (nSPS) is 24.6. The van der Waals surface area contributed by atoms with Crippen molar-refractivity contribution >= 4 is 16.0 Å². The number of benzene rings is 1. The largest absolute Gasteiger partial charge is 0.469 e. The monoisotopic (exact) mass is 339 g/mol. The summed E-state index contributed by atoms with van der Waals surface area (Å²) in [6.07, 6.45) is 0.665. The van der Waals surface area contributed by atoms with Crippen LogP contribution in [0.1, 0.15) is 39.2 Å². The summed E-state index contributed by atoms with van der Waals surface area (Å²) in [7, 11) is -2.34. The number of rotatable bonds is 4. The molecule has 128 valence electrons. The predicted molar refractivity (Wildman–Crippen MR) is 88.5 cm³/mol. The van der Waals surface area contributed by atoms with Crippen molar-refractivity contribution in [2.45, 2.75) is 51.0 Å². The van der Waals surface area contributed by atoms with Gasteiger partial charge >= 0.3 is 5.97 Å². The first kappa shape index (κ1) is 17.9. The van der Waals surface area contributed by atoms with Gasteiger partial charge in [-0.05, 0) is 37.8 Å². The lowest BCUT2D eigenvalue weighted by molar-refractivity contribution is -0.142. The van der Waals surface area contributed by atoms with Gasteiger partial charge in [0.25, 0.3) is 0 Å². The molecule has 6 heteroatoms.